The van der Waals surface area contributed by atoms with Gasteiger partial charge in [0, 0.05) is 23.2 Å². The second-order valence-electron chi connectivity index (χ2n) is 7.62. The molecule has 1 saturated carbocycles. The second kappa shape index (κ2) is 6.83. The average Bonchev–Trinajstić information content (AvgIpc) is 3.02. The molecule has 1 heterocycles. The highest BCUT2D eigenvalue weighted by Gasteiger charge is 2.24. The first-order chi connectivity index (χ1) is 13.0. The number of aliphatic hydroxyl groups excluding tert-OH is 1. The van der Waals surface area contributed by atoms with Crippen LogP contribution in [0.1, 0.15) is 48.4 Å². The Bertz CT molecular complexity index is 1050. The van der Waals surface area contributed by atoms with Crippen molar-refractivity contribution < 1.29 is 9.50 Å². The Morgan fingerprint density at radius 2 is 1.85 bits per heavy atom. The zero-order chi connectivity index (χ0) is 19.1. The molecule has 1 aliphatic rings. The molecule has 27 heavy (non-hydrogen) atoms. The summed E-state index contributed by atoms with van der Waals surface area (Å²) in [6.45, 7) is 4.18. The van der Waals surface area contributed by atoms with E-state index in [1.165, 1.54) is 17.2 Å². The van der Waals surface area contributed by atoms with Crippen LogP contribution in [-0.2, 0) is 0 Å². The number of aryl methyl sites for hydroxylation is 1. The molecule has 1 aliphatic carbocycles. The Kier molecular flexibility index (Phi) is 4.49. The van der Waals surface area contributed by atoms with Crippen molar-refractivity contribution in [2.75, 3.05) is 0 Å². The smallest absolute Gasteiger partial charge is 0.143 e. The molecule has 0 amide bonds. The molecule has 0 saturated heterocycles. The van der Waals surface area contributed by atoms with Gasteiger partial charge in [-0.25, -0.2) is 4.39 Å². The monoisotopic (exact) mass is 362 g/mol. The van der Waals surface area contributed by atoms with Gasteiger partial charge in [0.1, 0.15) is 11.9 Å². The summed E-state index contributed by atoms with van der Waals surface area (Å²) >= 11 is 0. The Balaban J connectivity index is 1.96. The van der Waals surface area contributed by atoms with E-state index in [0.29, 0.717) is 0 Å². The highest BCUT2D eigenvalue weighted by molar-refractivity contribution is 5.98. The highest BCUT2D eigenvalue weighted by atomic mass is 19.1. The fourth-order valence-electron chi connectivity index (χ4n) is 4.25. The SMILES string of the molecule is Cc1cccc(-c2cn(C3CCC(O)CC3)c3cc(F)c(C#N)cc23)c1C. The molecule has 4 rings (SSSR count). The first kappa shape index (κ1) is 17.8. The van der Waals surface area contributed by atoms with Gasteiger partial charge in [0.25, 0.3) is 0 Å². The third-order valence-corrected chi connectivity index (χ3v) is 6.00. The summed E-state index contributed by atoms with van der Waals surface area (Å²) in [6, 6.07) is 11.6. The summed E-state index contributed by atoms with van der Waals surface area (Å²) in [7, 11) is 0. The van der Waals surface area contributed by atoms with E-state index < -0.39 is 5.82 Å². The molecule has 3 nitrogen and oxygen atoms in total. The fourth-order valence-corrected chi connectivity index (χ4v) is 4.25. The van der Waals surface area contributed by atoms with E-state index in [1.54, 1.807) is 6.07 Å². The van der Waals surface area contributed by atoms with Crippen molar-refractivity contribution in [1.82, 2.24) is 4.57 Å². The van der Waals surface area contributed by atoms with Crippen LogP contribution < -0.4 is 0 Å². The number of nitriles is 1. The molecule has 0 bridgehead atoms. The van der Waals surface area contributed by atoms with Crippen LogP contribution in [-0.4, -0.2) is 15.8 Å². The van der Waals surface area contributed by atoms with Crippen LogP contribution in [0.25, 0.3) is 22.0 Å². The van der Waals surface area contributed by atoms with E-state index in [4.69, 9.17) is 0 Å². The minimum atomic E-state index is -0.479. The Labute approximate surface area is 158 Å². The molecule has 0 aliphatic heterocycles. The summed E-state index contributed by atoms with van der Waals surface area (Å²) < 4.78 is 16.6. The number of nitrogens with zero attached hydrogens (tertiary/aromatic N) is 2. The molecule has 4 heteroatoms. The van der Waals surface area contributed by atoms with Gasteiger partial charge in [0.15, 0.2) is 0 Å². The molecule has 0 unspecified atom stereocenters. The lowest BCUT2D eigenvalue weighted by Crippen LogP contribution is -2.20. The number of hydrogen-bond donors (Lipinski definition) is 1. The first-order valence-electron chi connectivity index (χ1n) is 9.48. The number of aromatic nitrogens is 1. The molecule has 1 N–H and O–H groups in total. The lowest BCUT2D eigenvalue weighted by atomic mass is 9.93. The topological polar surface area (TPSA) is 49.0 Å². The third kappa shape index (κ3) is 3.02. The van der Waals surface area contributed by atoms with Gasteiger partial charge in [0.05, 0.1) is 17.2 Å². The zero-order valence-electron chi connectivity index (χ0n) is 15.7. The van der Waals surface area contributed by atoms with Crippen molar-refractivity contribution in [3.8, 4) is 17.2 Å². The summed E-state index contributed by atoms with van der Waals surface area (Å²) in [5.74, 6) is -0.479. The lowest BCUT2D eigenvalue weighted by molar-refractivity contribution is 0.111. The molecule has 0 atom stereocenters. The number of aliphatic hydroxyl groups is 1. The van der Waals surface area contributed by atoms with Crippen LogP contribution >= 0.6 is 0 Å². The minimum absolute atomic E-state index is 0.0749. The lowest BCUT2D eigenvalue weighted by Gasteiger charge is -2.27. The number of halogens is 1. The molecule has 1 aromatic heterocycles. The highest BCUT2D eigenvalue weighted by Crippen LogP contribution is 2.39. The maximum Gasteiger partial charge on any atom is 0.143 e. The van der Waals surface area contributed by atoms with Crippen LogP contribution in [0.4, 0.5) is 4.39 Å². The van der Waals surface area contributed by atoms with Crippen LogP contribution in [0.5, 0.6) is 0 Å². The van der Waals surface area contributed by atoms with Gasteiger partial charge < -0.3 is 9.67 Å². The first-order valence-corrected chi connectivity index (χ1v) is 9.48. The van der Waals surface area contributed by atoms with Gasteiger partial charge in [-0.15, -0.1) is 0 Å². The third-order valence-electron chi connectivity index (χ3n) is 6.00. The van der Waals surface area contributed by atoms with Crippen molar-refractivity contribution in [1.29, 1.82) is 5.26 Å². The van der Waals surface area contributed by atoms with Crippen LogP contribution in [0, 0.1) is 31.0 Å². The van der Waals surface area contributed by atoms with E-state index >= 15 is 0 Å². The van der Waals surface area contributed by atoms with Gasteiger partial charge in [-0.1, -0.05) is 18.2 Å². The van der Waals surface area contributed by atoms with E-state index in [1.807, 2.05) is 12.1 Å². The van der Waals surface area contributed by atoms with Crippen molar-refractivity contribution in [3.05, 3.63) is 59.0 Å². The largest absolute Gasteiger partial charge is 0.393 e. The standard InChI is InChI=1S/C23H23FN2O/c1-14-4-3-5-19(15(14)2)21-13-26(17-6-8-18(27)9-7-17)23-11-22(24)16(12-25)10-20(21)23/h3-5,10-11,13,17-18,27H,6-9H2,1-2H3. The number of rotatable bonds is 2. The Hall–Kier alpha value is -2.64. The minimum Gasteiger partial charge on any atom is -0.393 e. The number of fused-ring (bicyclic) bond motifs is 1. The number of hydrogen-bond acceptors (Lipinski definition) is 2. The van der Waals surface area contributed by atoms with Crippen LogP contribution in [0.15, 0.2) is 36.5 Å². The maximum absolute atomic E-state index is 14.4. The second-order valence-corrected chi connectivity index (χ2v) is 7.62. The van der Waals surface area contributed by atoms with E-state index in [2.05, 4.69) is 36.7 Å². The van der Waals surface area contributed by atoms with Crippen molar-refractivity contribution >= 4 is 10.9 Å². The normalized spacial score (nSPS) is 20.0. The predicted molar refractivity (Wildman–Crippen MR) is 105 cm³/mol. The van der Waals surface area contributed by atoms with Crippen LogP contribution in [0.2, 0.25) is 0 Å². The summed E-state index contributed by atoms with van der Waals surface area (Å²) in [6.07, 6.45) is 5.15. The van der Waals surface area contributed by atoms with E-state index in [-0.39, 0.29) is 17.7 Å². The molecular weight excluding hydrogens is 339 g/mol. The maximum atomic E-state index is 14.4. The predicted octanol–water partition coefficient (Wildman–Crippen LogP) is 5.41. The molecule has 2 aromatic carbocycles. The van der Waals surface area contributed by atoms with Crippen molar-refractivity contribution in [2.45, 2.75) is 51.7 Å². The van der Waals surface area contributed by atoms with E-state index in [0.717, 1.165) is 47.7 Å². The Morgan fingerprint density at radius 3 is 2.56 bits per heavy atom. The number of benzene rings is 2. The van der Waals surface area contributed by atoms with Crippen LogP contribution in [0.3, 0.4) is 0 Å². The van der Waals surface area contributed by atoms with Crippen molar-refractivity contribution in [2.24, 2.45) is 0 Å². The van der Waals surface area contributed by atoms with Gasteiger partial charge in [-0.05, 0) is 68.4 Å². The quantitative estimate of drug-likeness (QED) is 0.662. The molecule has 0 spiro atoms. The van der Waals surface area contributed by atoms with Gasteiger partial charge in [-0.3, -0.25) is 0 Å². The summed E-state index contributed by atoms with van der Waals surface area (Å²) in [5, 5.41) is 20.1. The molecule has 0 radical (unpaired) electrons. The van der Waals surface area contributed by atoms with Gasteiger partial charge in [0.2, 0.25) is 0 Å². The zero-order valence-corrected chi connectivity index (χ0v) is 15.7. The molecular formula is C23H23FN2O. The summed E-state index contributed by atoms with van der Waals surface area (Å²) in [5.41, 5.74) is 5.45. The molecule has 1 fully saturated rings. The van der Waals surface area contributed by atoms with Crippen molar-refractivity contribution in [3.63, 3.8) is 0 Å². The molecule has 138 valence electrons. The average molecular weight is 362 g/mol. The van der Waals surface area contributed by atoms with E-state index in [9.17, 15) is 14.8 Å². The summed E-state index contributed by atoms with van der Waals surface area (Å²) in [4.78, 5) is 0. The van der Waals surface area contributed by atoms with Gasteiger partial charge >= 0.3 is 0 Å². The van der Waals surface area contributed by atoms with Gasteiger partial charge in [-0.2, -0.15) is 5.26 Å². The molecule has 3 aromatic rings. The fraction of sp³-hybridized carbons (Fsp3) is 0.348. The Morgan fingerprint density at radius 1 is 1.11 bits per heavy atom.